The second-order valence-electron chi connectivity index (χ2n) is 6.78. The summed E-state index contributed by atoms with van der Waals surface area (Å²) in [7, 11) is 0. The van der Waals surface area contributed by atoms with E-state index in [4.69, 9.17) is 4.99 Å². The van der Waals surface area contributed by atoms with Crippen LogP contribution in [0.3, 0.4) is 0 Å². The Labute approximate surface area is 145 Å². The number of nitrogens with zero attached hydrogens (tertiary/aromatic N) is 3. The van der Waals surface area contributed by atoms with Crippen LogP contribution < -0.4 is 10.2 Å². The van der Waals surface area contributed by atoms with Crippen LogP contribution in [0.2, 0.25) is 0 Å². The molecule has 1 aliphatic heterocycles. The highest BCUT2D eigenvalue weighted by molar-refractivity contribution is 5.80. The van der Waals surface area contributed by atoms with E-state index in [1.807, 2.05) is 18.2 Å². The normalized spacial score (nSPS) is 18.8. The predicted molar refractivity (Wildman–Crippen MR) is 99.8 cm³/mol. The first-order valence-electron chi connectivity index (χ1n) is 9.34. The minimum atomic E-state index is 0.367. The van der Waals surface area contributed by atoms with Gasteiger partial charge in [-0.2, -0.15) is 0 Å². The molecule has 2 N–H and O–H groups in total. The molecule has 1 saturated carbocycles. The smallest absolute Gasteiger partial charge is 0.194 e. The van der Waals surface area contributed by atoms with Crippen molar-refractivity contribution in [3.05, 3.63) is 24.3 Å². The van der Waals surface area contributed by atoms with Gasteiger partial charge in [-0.15, -0.1) is 0 Å². The van der Waals surface area contributed by atoms with Crippen LogP contribution >= 0.6 is 0 Å². The second-order valence-corrected chi connectivity index (χ2v) is 6.78. The summed E-state index contributed by atoms with van der Waals surface area (Å²) >= 11 is 0. The predicted octanol–water partition coefficient (Wildman–Crippen LogP) is 2.67. The number of aromatic hydroxyl groups is 1. The Kier molecular flexibility index (Phi) is 5.83. The van der Waals surface area contributed by atoms with E-state index in [9.17, 15) is 5.11 Å². The molecule has 1 aliphatic carbocycles. The monoisotopic (exact) mass is 330 g/mol. The highest BCUT2D eigenvalue weighted by Crippen LogP contribution is 2.33. The van der Waals surface area contributed by atoms with Crippen molar-refractivity contribution in [2.24, 2.45) is 10.9 Å². The Hall–Kier alpha value is -1.91. The van der Waals surface area contributed by atoms with Gasteiger partial charge in [0, 0.05) is 39.3 Å². The average molecular weight is 330 g/mol. The Morgan fingerprint density at radius 2 is 1.96 bits per heavy atom. The quantitative estimate of drug-likeness (QED) is 0.478. The molecule has 1 aromatic rings. The molecule has 1 aromatic carbocycles. The Morgan fingerprint density at radius 1 is 1.21 bits per heavy atom. The summed E-state index contributed by atoms with van der Waals surface area (Å²) in [5, 5.41) is 13.5. The summed E-state index contributed by atoms with van der Waals surface area (Å²) < 4.78 is 0. The maximum absolute atomic E-state index is 10.0. The molecule has 0 unspecified atom stereocenters. The number of phenols is 1. The fraction of sp³-hybridized carbons (Fsp3) is 0.632. The first-order chi connectivity index (χ1) is 11.8. The summed E-state index contributed by atoms with van der Waals surface area (Å²) in [5.74, 6) is 2.40. The Morgan fingerprint density at radius 3 is 2.62 bits per heavy atom. The van der Waals surface area contributed by atoms with Crippen LogP contribution in [-0.2, 0) is 0 Å². The summed E-state index contributed by atoms with van der Waals surface area (Å²) in [6.45, 7) is 7.64. The van der Waals surface area contributed by atoms with Gasteiger partial charge in [0.2, 0.25) is 0 Å². The molecular weight excluding hydrogens is 300 g/mol. The van der Waals surface area contributed by atoms with Crippen molar-refractivity contribution in [3.8, 4) is 5.75 Å². The fourth-order valence-electron chi connectivity index (χ4n) is 3.29. The number of hydrogen-bond acceptors (Lipinski definition) is 3. The number of guanidine groups is 1. The summed E-state index contributed by atoms with van der Waals surface area (Å²) in [6, 6.07) is 7.59. The van der Waals surface area contributed by atoms with Gasteiger partial charge in [0.25, 0.3) is 0 Å². The number of benzene rings is 1. The van der Waals surface area contributed by atoms with E-state index < -0.39 is 0 Å². The van der Waals surface area contributed by atoms with Crippen LogP contribution in [0.15, 0.2) is 29.3 Å². The maximum Gasteiger partial charge on any atom is 0.194 e. The molecule has 0 radical (unpaired) electrons. The molecule has 1 heterocycles. The van der Waals surface area contributed by atoms with E-state index in [2.05, 4.69) is 22.0 Å². The summed E-state index contributed by atoms with van der Waals surface area (Å²) in [6.07, 6.45) is 5.40. The third-order valence-electron chi connectivity index (χ3n) is 4.87. The third kappa shape index (κ3) is 4.56. The number of phenolic OH excluding ortho intramolecular Hbond substituents is 1. The minimum absolute atomic E-state index is 0.367. The molecule has 3 rings (SSSR count). The third-order valence-corrected chi connectivity index (χ3v) is 4.87. The summed E-state index contributed by atoms with van der Waals surface area (Å²) in [5.41, 5.74) is 0.934. The van der Waals surface area contributed by atoms with E-state index in [-0.39, 0.29) is 0 Å². The lowest BCUT2D eigenvalue weighted by atomic mass is 10.2. The van der Waals surface area contributed by atoms with Crippen LogP contribution in [0.25, 0.3) is 0 Å². The molecule has 0 amide bonds. The Bertz CT molecular complexity index is 548. The van der Waals surface area contributed by atoms with Crippen LogP contribution in [0.4, 0.5) is 5.69 Å². The lowest BCUT2D eigenvalue weighted by Gasteiger charge is -2.37. The van der Waals surface area contributed by atoms with Crippen molar-refractivity contribution in [1.82, 2.24) is 10.2 Å². The van der Waals surface area contributed by atoms with Crippen molar-refractivity contribution in [1.29, 1.82) is 0 Å². The molecule has 1 saturated heterocycles. The fourth-order valence-corrected chi connectivity index (χ4v) is 3.29. The van der Waals surface area contributed by atoms with Gasteiger partial charge < -0.3 is 20.2 Å². The van der Waals surface area contributed by atoms with Crippen molar-refractivity contribution in [3.63, 3.8) is 0 Å². The van der Waals surface area contributed by atoms with Gasteiger partial charge in [0.1, 0.15) is 5.75 Å². The molecule has 0 spiro atoms. The van der Waals surface area contributed by atoms with Crippen LogP contribution in [0, 0.1) is 5.92 Å². The number of nitrogens with one attached hydrogen (secondary N) is 1. The zero-order valence-electron chi connectivity index (χ0n) is 14.7. The van der Waals surface area contributed by atoms with E-state index in [0.717, 1.165) is 56.8 Å². The summed E-state index contributed by atoms with van der Waals surface area (Å²) in [4.78, 5) is 9.41. The number of hydrogen-bond donors (Lipinski definition) is 2. The topological polar surface area (TPSA) is 51.1 Å². The van der Waals surface area contributed by atoms with Gasteiger partial charge in [0.05, 0.1) is 5.69 Å². The average Bonchev–Trinajstić information content (AvgIpc) is 3.43. The van der Waals surface area contributed by atoms with Crippen LogP contribution in [-0.4, -0.2) is 55.2 Å². The number of rotatable bonds is 6. The van der Waals surface area contributed by atoms with Crippen LogP contribution in [0.1, 0.15) is 32.6 Å². The molecule has 24 heavy (non-hydrogen) atoms. The zero-order valence-corrected chi connectivity index (χ0v) is 14.7. The van der Waals surface area contributed by atoms with E-state index >= 15 is 0 Å². The van der Waals surface area contributed by atoms with Crippen LogP contribution in [0.5, 0.6) is 5.75 Å². The van der Waals surface area contributed by atoms with E-state index in [1.165, 1.54) is 25.7 Å². The largest absolute Gasteiger partial charge is 0.506 e. The van der Waals surface area contributed by atoms with E-state index in [0.29, 0.717) is 5.75 Å². The van der Waals surface area contributed by atoms with Gasteiger partial charge in [-0.05, 0) is 37.8 Å². The highest BCUT2D eigenvalue weighted by atomic mass is 16.3. The van der Waals surface area contributed by atoms with Crippen molar-refractivity contribution in [2.45, 2.75) is 32.6 Å². The molecule has 2 aliphatic rings. The number of para-hydroxylation sites is 2. The molecule has 0 atom stereocenters. The highest BCUT2D eigenvalue weighted by Gasteiger charge is 2.22. The van der Waals surface area contributed by atoms with Crippen molar-refractivity contribution >= 4 is 11.6 Å². The lowest BCUT2D eigenvalue weighted by Crippen LogP contribution is -2.52. The SMILES string of the molecule is CCNC(=NCCCC1CC1)N1CCN(c2ccccc2O)CC1. The van der Waals surface area contributed by atoms with Gasteiger partial charge in [-0.1, -0.05) is 25.0 Å². The number of piperazine rings is 1. The maximum atomic E-state index is 10.0. The molecule has 0 bridgehead atoms. The first kappa shape index (κ1) is 16.9. The first-order valence-corrected chi connectivity index (χ1v) is 9.34. The molecule has 5 heteroatoms. The molecule has 5 nitrogen and oxygen atoms in total. The van der Waals surface area contributed by atoms with E-state index in [1.54, 1.807) is 6.07 Å². The van der Waals surface area contributed by atoms with Gasteiger partial charge in [-0.3, -0.25) is 4.99 Å². The zero-order chi connectivity index (χ0) is 16.8. The number of aliphatic imine (C=N–C) groups is 1. The second kappa shape index (κ2) is 8.27. The van der Waals surface area contributed by atoms with Gasteiger partial charge in [0.15, 0.2) is 5.96 Å². The molecule has 132 valence electrons. The lowest BCUT2D eigenvalue weighted by molar-refractivity contribution is 0.369. The number of anilines is 1. The Balaban J connectivity index is 1.52. The standard InChI is InChI=1S/C19H30N4O/c1-2-20-19(21-11-5-6-16-9-10-16)23-14-12-22(13-15-23)17-7-3-4-8-18(17)24/h3-4,7-8,16,24H,2,5-6,9-15H2,1H3,(H,20,21). The van der Waals surface area contributed by atoms with Crippen molar-refractivity contribution in [2.75, 3.05) is 44.2 Å². The molecule has 2 fully saturated rings. The molecule has 0 aromatic heterocycles. The van der Waals surface area contributed by atoms with Crippen molar-refractivity contribution < 1.29 is 5.11 Å². The minimum Gasteiger partial charge on any atom is -0.506 e. The van der Waals surface area contributed by atoms with Gasteiger partial charge >= 0.3 is 0 Å². The van der Waals surface area contributed by atoms with Gasteiger partial charge in [-0.25, -0.2) is 0 Å². The molecular formula is C19H30N4O.